The molecule has 1 aromatic carbocycles. The molecule has 2 aliphatic rings. The summed E-state index contributed by atoms with van der Waals surface area (Å²) in [5.41, 5.74) is 2.96. The first kappa shape index (κ1) is 14.2. The molecular formula is C16H23BrN2O. The molecular weight excluding hydrogens is 316 g/mol. The first-order chi connectivity index (χ1) is 9.52. The van der Waals surface area contributed by atoms with E-state index in [4.69, 9.17) is 4.74 Å². The number of benzene rings is 1. The van der Waals surface area contributed by atoms with Gasteiger partial charge in [0.05, 0.1) is 19.0 Å². The molecule has 0 amide bonds. The lowest BCUT2D eigenvalue weighted by molar-refractivity contribution is 0.224. The molecule has 2 heterocycles. The van der Waals surface area contributed by atoms with E-state index in [-0.39, 0.29) is 5.41 Å². The molecule has 0 aromatic heterocycles. The van der Waals surface area contributed by atoms with Gasteiger partial charge in [-0.3, -0.25) is 4.90 Å². The maximum atomic E-state index is 5.46. The summed E-state index contributed by atoms with van der Waals surface area (Å²) in [5, 5.41) is 0. The Morgan fingerprint density at radius 2 is 2.20 bits per heavy atom. The minimum Gasteiger partial charge on any atom is -0.497 e. The fraction of sp³-hybridized carbons (Fsp3) is 0.625. The Bertz CT molecular complexity index is 533. The summed E-state index contributed by atoms with van der Waals surface area (Å²) in [6.07, 6.45) is 2.90. The van der Waals surface area contributed by atoms with Gasteiger partial charge in [-0.25, -0.2) is 0 Å². The zero-order valence-corrected chi connectivity index (χ0v) is 14.3. The van der Waals surface area contributed by atoms with Crippen molar-refractivity contribution in [2.75, 3.05) is 32.1 Å². The average molecular weight is 339 g/mol. The molecule has 0 aliphatic carbocycles. The highest BCUT2D eigenvalue weighted by Gasteiger charge is 2.53. The predicted molar refractivity (Wildman–Crippen MR) is 86.7 cm³/mol. The van der Waals surface area contributed by atoms with Crippen LogP contribution in [0.2, 0.25) is 0 Å². The normalized spacial score (nSPS) is 28.6. The number of hydrogen-bond acceptors (Lipinski definition) is 3. The summed E-state index contributed by atoms with van der Waals surface area (Å²) in [6.45, 7) is 7.03. The minimum atomic E-state index is 0.205. The molecule has 0 spiro atoms. The number of ether oxygens (including phenoxy) is 1. The van der Waals surface area contributed by atoms with Crippen molar-refractivity contribution >= 4 is 21.6 Å². The maximum absolute atomic E-state index is 5.46. The van der Waals surface area contributed by atoms with Gasteiger partial charge in [0.2, 0.25) is 0 Å². The molecule has 110 valence electrons. The van der Waals surface area contributed by atoms with E-state index in [1.807, 2.05) is 0 Å². The van der Waals surface area contributed by atoms with Crippen LogP contribution in [-0.4, -0.2) is 38.3 Å². The van der Waals surface area contributed by atoms with Crippen LogP contribution in [0, 0.1) is 0 Å². The number of nitrogens with zero attached hydrogens (tertiary/aromatic N) is 2. The van der Waals surface area contributed by atoms with Crippen LogP contribution >= 0.6 is 15.9 Å². The van der Waals surface area contributed by atoms with Gasteiger partial charge in [-0.2, -0.15) is 0 Å². The van der Waals surface area contributed by atoms with Crippen molar-refractivity contribution in [2.45, 2.75) is 38.3 Å². The maximum Gasteiger partial charge on any atom is 0.120 e. The Hall–Kier alpha value is -0.740. The molecule has 2 unspecified atom stereocenters. The summed E-state index contributed by atoms with van der Waals surface area (Å²) >= 11 is 3.73. The van der Waals surface area contributed by atoms with E-state index in [0.717, 1.165) is 10.2 Å². The lowest BCUT2D eigenvalue weighted by atomic mass is 9.81. The Labute approximate surface area is 130 Å². The van der Waals surface area contributed by atoms with Crippen molar-refractivity contribution in [1.82, 2.24) is 4.90 Å². The second-order valence-corrected chi connectivity index (χ2v) is 7.05. The van der Waals surface area contributed by atoms with Crippen LogP contribution in [0.25, 0.3) is 0 Å². The standard InChI is InChI=1S/C16H23BrN2O/c1-5-7-19-8-6-16(2)12-9-11(20-4)10-13(17)14(12)18(3)15(16)19/h9-10,15H,5-8H2,1-4H3. The minimum absolute atomic E-state index is 0.205. The van der Waals surface area contributed by atoms with E-state index < -0.39 is 0 Å². The molecule has 0 bridgehead atoms. The Morgan fingerprint density at radius 1 is 1.45 bits per heavy atom. The summed E-state index contributed by atoms with van der Waals surface area (Å²) in [7, 11) is 3.96. The quantitative estimate of drug-likeness (QED) is 0.837. The van der Waals surface area contributed by atoms with Gasteiger partial charge in [-0.1, -0.05) is 13.8 Å². The van der Waals surface area contributed by atoms with Gasteiger partial charge in [0, 0.05) is 23.5 Å². The van der Waals surface area contributed by atoms with E-state index >= 15 is 0 Å². The highest BCUT2D eigenvalue weighted by atomic mass is 79.9. The number of anilines is 1. The van der Waals surface area contributed by atoms with E-state index in [1.165, 1.54) is 37.2 Å². The molecule has 2 aliphatic heterocycles. The number of hydrogen-bond donors (Lipinski definition) is 0. The lowest BCUT2D eigenvalue weighted by Crippen LogP contribution is -2.47. The second-order valence-electron chi connectivity index (χ2n) is 6.19. The number of fused-ring (bicyclic) bond motifs is 3. The molecule has 0 radical (unpaired) electrons. The van der Waals surface area contributed by atoms with E-state index in [0.29, 0.717) is 6.17 Å². The van der Waals surface area contributed by atoms with Crippen LogP contribution in [0.4, 0.5) is 5.69 Å². The van der Waals surface area contributed by atoms with Crippen LogP contribution in [0.5, 0.6) is 5.75 Å². The van der Waals surface area contributed by atoms with Crippen molar-refractivity contribution in [3.05, 3.63) is 22.2 Å². The monoisotopic (exact) mass is 338 g/mol. The Morgan fingerprint density at radius 3 is 2.85 bits per heavy atom. The summed E-state index contributed by atoms with van der Waals surface area (Å²) in [6, 6.07) is 4.30. The third-order valence-electron chi connectivity index (χ3n) is 4.95. The molecule has 0 saturated carbocycles. The van der Waals surface area contributed by atoms with Crippen molar-refractivity contribution in [3.8, 4) is 5.75 Å². The van der Waals surface area contributed by atoms with Crippen molar-refractivity contribution in [2.24, 2.45) is 0 Å². The third kappa shape index (κ3) is 1.81. The third-order valence-corrected chi connectivity index (χ3v) is 5.56. The first-order valence-electron chi connectivity index (χ1n) is 7.38. The first-order valence-corrected chi connectivity index (χ1v) is 8.17. The fourth-order valence-electron chi connectivity index (χ4n) is 4.11. The second kappa shape index (κ2) is 4.92. The fourth-order valence-corrected chi connectivity index (χ4v) is 4.82. The molecule has 2 atom stereocenters. The zero-order valence-electron chi connectivity index (χ0n) is 12.7. The average Bonchev–Trinajstić information content (AvgIpc) is 2.85. The molecule has 3 rings (SSSR count). The van der Waals surface area contributed by atoms with Crippen LogP contribution in [0.15, 0.2) is 16.6 Å². The van der Waals surface area contributed by atoms with Crippen LogP contribution in [-0.2, 0) is 5.41 Å². The molecule has 4 heteroatoms. The van der Waals surface area contributed by atoms with Gasteiger partial charge in [0.1, 0.15) is 5.75 Å². The molecule has 1 fully saturated rings. The predicted octanol–water partition coefficient (Wildman–Crippen LogP) is 3.61. The smallest absolute Gasteiger partial charge is 0.120 e. The van der Waals surface area contributed by atoms with E-state index in [1.54, 1.807) is 7.11 Å². The van der Waals surface area contributed by atoms with Crippen molar-refractivity contribution in [3.63, 3.8) is 0 Å². The Kier molecular flexibility index (Phi) is 3.49. The zero-order chi connectivity index (χ0) is 14.5. The SMILES string of the molecule is CCCN1CCC2(C)c3cc(OC)cc(Br)c3N(C)C12. The number of likely N-dealkylation sites (N-methyl/N-ethyl adjacent to an activating group) is 1. The molecule has 20 heavy (non-hydrogen) atoms. The van der Waals surface area contributed by atoms with Gasteiger partial charge in [-0.05, 0) is 53.0 Å². The highest BCUT2D eigenvalue weighted by Crippen LogP contribution is 2.54. The number of methoxy groups -OCH3 is 1. The summed E-state index contributed by atoms with van der Waals surface area (Å²) < 4.78 is 6.60. The molecule has 3 nitrogen and oxygen atoms in total. The molecule has 1 aromatic rings. The van der Waals surface area contributed by atoms with Gasteiger partial charge in [0.25, 0.3) is 0 Å². The number of likely N-dealkylation sites (tertiary alicyclic amines) is 1. The van der Waals surface area contributed by atoms with Gasteiger partial charge in [0.15, 0.2) is 0 Å². The lowest BCUT2D eigenvalue weighted by Gasteiger charge is -2.34. The number of halogens is 1. The van der Waals surface area contributed by atoms with Crippen LogP contribution in [0.1, 0.15) is 32.3 Å². The largest absolute Gasteiger partial charge is 0.497 e. The number of rotatable bonds is 3. The Balaban J connectivity index is 2.10. The summed E-state index contributed by atoms with van der Waals surface area (Å²) in [4.78, 5) is 5.07. The van der Waals surface area contributed by atoms with Gasteiger partial charge in [-0.15, -0.1) is 0 Å². The van der Waals surface area contributed by atoms with Gasteiger partial charge >= 0.3 is 0 Å². The van der Waals surface area contributed by atoms with E-state index in [2.05, 4.69) is 58.8 Å². The highest BCUT2D eigenvalue weighted by molar-refractivity contribution is 9.10. The van der Waals surface area contributed by atoms with Crippen molar-refractivity contribution < 1.29 is 4.74 Å². The van der Waals surface area contributed by atoms with Crippen LogP contribution < -0.4 is 9.64 Å². The molecule has 1 saturated heterocycles. The van der Waals surface area contributed by atoms with Gasteiger partial charge < -0.3 is 9.64 Å². The summed E-state index contributed by atoms with van der Waals surface area (Å²) in [5.74, 6) is 0.944. The van der Waals surface area contributed by atoms with E-state index in [9.17, 15) is 0 Å². The molecule has 0 N–H and O–H groups in total. The topological polar surface area (TPSA) is 15.7 Å². The van der Waals surface area contributed by atoms with Crippen LogP contribution in [0.3, 0.4) is 0 Å². The van der Waals surface area contributed by atoms with Crippen molar-refractivity contribution in [1.29, 1.82) is 0 Å².